The van der Waals surface area contributed by atoms with Crippen molar-refractivity contribution in [2.45, 2.75) is 6.92 Å². The van der Waals surface area contributed by atoms with E-state index in [0.717, 1.165) is 0 Å². The van der Waals surface area contributed by atoms with E-state index in [-0.39, 0.29) is 24.0 Å². The van der Waals surface area contributed by atoms with E-state index in [4.69, 9.17) is 14.2 Å². The highest BCUT2D eigenvalue weighted by atomic mass is 16.6. The fourth-order valence-corrected chi connectivity index (χ4v) is 1.71. The van der Waals surface area contributed by atoms with Gasteiger partial charge in [0.25, 0.3) is 5.88 Å². The van der Waals surface area contributed by atoms with E-state index in [1.54, 1.807) is 26.0 Å². The van der Waals surface area contributed by atoms with Gasteiger partial charge in [0.15, 0.2) is 0 Å². The summed E-state index contributed by atoms with van der Waals surface area (Å²) in [5.41, 5.74) is -0.244. The van der Waals surface area contributed by atoms with E-state index in [0.29, 0.717) is 26.3 Å². The van der Waals surface area contributed by atoms with Crippen LogP contribution < -0.4 is 9.64 Å². The maximum Gasteiger partial charge on any atom is 0.372 e. The van der Waals surface area contributed by atoms with E-state index >= 15 is 0 Å². The summed E-state index contributed by atoms with van der Waals surface area (Å²) in [6.45, 7) is 3.74. The summed E-state index contributed by atoms with van der Waals surface area (Å²) in [5, 5.41) is 11.3. The van der Waals surface area contributed by atoms with Crippen LogP contribution in [-0.4, -0.2) is 62.0 Å². The summed E-state index contributed by atoms with van der Waals surface area (Å²) in [6, 6.07) is 0. The van der Waals surface area contributed by atoms with Crippen LogP contribution in [0.1, 0.15) is 6.92 Å². The Labute approximate surface area is 123 Å². The Balaban J connectivity index is 3.15. The van der Waals surface area contributed by atoms with E-state index in [1.165, 1.54) is 6.33 Å². The Hall–Kier alpha value is -2.00. The van der Waals surface area contributed by atoms with E-state index in [2.05, 4.69) is 9.97 Å². The molecule has 9 heteroatoms. The molecule has 21 heavy (non-hydrogen) atoms. The molecule has 1 aromatic rings. The molecule has 1 rings (SSSR count). The molecule has 0 atom stereocenters. The van der Waals surface area contributed by atoms with Gasteiger partial charge in [0.2, 0.25) is 5.82 Å². The standard InChI is InChI=1S/C12H20N4O5/c1-4-21-12-10(16(17)18)11(13-9-14-12)15(5-7-19-2)6-8-20-3/h9H,4-8H2,1-3H3. The van der Waals surface area contributed by atoms with Gasteiger partial charge in [0.1, 0.15) is 6.33 Å². The van der Waals surface area contributed by atoms with E-state index < -0.39 is 4.92 Å². The lowest BCUT2D eigenvalue weighted by molar-refractivity contribution is -0.385. The fraction of sp³-hybridized carbons (Fsp3) is 0.667. The Morgan fingerprint density at radius 2 is 1.86 bits per heavy atom. The van der Waals surface area contributed by atoms with Gasteiger partial charge < -0.3 is 19.1 Å². The van der Waals surface area contributed by atoms with Crippen molar-refractivity contribution in [1.82, 2.24) is 9.97 Å². The van der Waals surface area contributed by atoms with Crippen LogP contribution in [0.4, 0.5) is 11.5 Å². The summed E-state index contributed by atoms with van der Waals surface area (Å²) in [6.07, 6.45) is 1.25. The molecule has 0 saturated heterocycles. The van der Waals surface area contributed by atoms with Gasteiger partial charge in [-0.05, 0) is 6.92 Å². The molecule has 118 valence electrons. The van der Waals surface area contributed by atoms with Crippen LogP contribution in [0.25, 0.3) is 0 Å². The third-order valence-corrected chi connectivity index (χ3v) is 2.66. The van der Waals surface area contributed by atoms with Crippen LogP contribution in [0.15, 0.2) is 6.33 Å². The zero-order valence-corrected chi connectivity index (χ0v) is 12.4. The lowest BCUT2D eigenvalue weighted by atomic mass is 10.3. The average Bonchev–Trinajstić information content (AvgIpc) is 2.47. The quantitative estimate of drug-likeness (QED) is 0.464. The van der Waals surface area contributed by atoms with Gasteiger partial charge in [-0.15, -0.1) is 0 Å². The molecule has 0 spiro atoms. The highest BCUT2D eigenvalue weighted by molar-refractivity contribution is 5.62. The molecule has 0 aromatic carbocycles. The van der Waals surface area contributed by atoms with Gasteiger partial charge in [0, 0.05) is 27.3 Å². The van der Waals surface area contributed by atoms with Crippen molar-refractivity contribution in [2.24, 2.45) is 0 Å². The lowest BCUT2D eigenvalue weighted by Gasteiger charge is -2.22. The first kappa shape index (κ1) is 17.1. The van der Waals surface area contributed by atoms with Gasteiger partial charge in [-0.2, -0.15) is 4.98 Å². The highest BCUT2D eigenvalue weighted by Gasteiger charge is 2.28. The zero-order valence-electron chi connectivity index (χ0n) is 12.4. The maximum absolute atomic E-state index is 11.3. The van der Waals surface area contributed by atoms with Gasteiger partial charge in [0.05, 0.1) is 24.7 Å². The molecule has 1 heterocycles. The number of hydrogen-bond acceptors (Lipinski definition) is 8. The molecule has 0 radical (unpaired) electrons. The Morgan fingerprint density at radius 3 is 2.33 bits per heavy atom. The molecule has 0 aliphatic carbocycles. The largest absolute Gasteiger partial charge is 0.473 e. The normalized spacial score (nSPS) is 10.4. The van der Waals surface area contributed by atoms with Gasteiger partial charge in [-0.25, -0.2) is 4.98 Å². The predicted molar refractivity (Wildman–Crippen MR) is 75.8 cm³/mol. The summed E-state index contributed by atoms with van der Waals surface area (Å²) >= 11 is 0. The second-order valence-electron chi connectivity index (χ2n) is 4.01. The SMILES string of the molecule is CCOc1ncnc(N(CCOC)CCOC)c1[N+](=O)[O-]. The van der Waals surface area contributed by atoms with Crippen LogP contribution in [0.5, 0.6) is 5.88 Å². The first-order valence-corrected chi connectivity index (χ1v) is 6.50. The monoisotopic (exact) mass is 300 g/mol. The number of anilines is 1. The molecular formula is C12H20N4O5. The number of aromatic nitrogens is 2. The topological polar surface area (TPSA) is 99.9 Å². The Kier molecular flexibility index (Phi) is 7.33. The molecule has 0 aliphatic rings. The smallest absolute Gasteiger partial charge is 0.372 e. The van der Waals surface area contributed by atoms with E-state index in [9.17, 15) is 10.1 Å². The minimum absolute atomic E-state index is 0.0349. The molecule has 0 aliphatic heterocycles. The van der Waals surface area contributed by atoms with Gasteiger partial charge in [-0.1, -0.05) is 0 Å². The van der Waals surface area contributed by atoms with Crippen molar-refractivity contribution >= 4 is 11.5 Å². The van der Waals surface area contributed by atoms with Crippen LogP contribution in [-0.2, 0) is 9.47 Å². The van der Waals surface area contributed by atoms with Crippen molar-refractivity contribution in [1.29, 1.82) is 0 Å². The molecule has 0 unspecified atom stereocenters. The van der Waals surface area contributed by atoms with Crippen LogP contribution in [0.3, 0.4) is 0 Å². The van der Waals surface area contributed by atoms with Gasteiger partial charge in [-0.3, -0.25) is 10.1 Å². The van der Waals surface area contributed by atoms with Crippen molar-refractivity contribution < 1.29 is 19.1 Å². The minimum Gasteiger partial charge on any atom is -0.473 e. The summed E-state index contributed by atoms with van der Waals surface area (Å²) < 4.78 is 15.3. The van der Waals surface area contributed by atoms with Gasteiger partial charge >= 0.3 is 5.69 Å². The molecular weight excluding hydrogens is 280 g/mol. The molecule has 9 nitrogen and oxygen atoms in total. The number of rotatable bonds is 10. The highest BCUT2D eigenvalue weighted by Crippen LogP contribution is 2.33. The van der Waals surface area contributed by atoms with Crippen molar-refractivity contribution in [3.05, 3.63) is 16.4 Å². The molecule has 0 saturated carbocycles. The zero-order chi connectivity index (χ0) is 15.7. The first-order chi connectivity index (χ1) is 10.2. The third-order valence-electron chi connectivity index (χ3n) is 2.66. The molecule has 0 bridgehead atoms. The average molecular weight is 300 g/mol. The Bertz CT molecular complexity index is 449. The molecule has 0 amide bonds. The van der Waals surface area contributed by atoms with E-state index in [1.807, 2.05) is 0 Å². The van der Waals surface area contributed by atoms with Crippen LogP contribution in [0, 0.1) is 10.1 Å². The van der Waals surface area contributed by atoms with Crippen molar-refractivity contribution in [2.75, 3.05) is 52.0 Å². The lowest BCUT2D eigenvalue weighted by Crippen LogP contribution is -2.32. The number of methoxy groups -OCH3 is 2. The predicted octanol–water partition coefficient (Wildman–Crippen LogP) is 0.883. The maximum atomic E-state index is 11.3. The molecule has 0 fully saturated rings. The fourth-order valence-electron chi connectivity index (χ4n) is 1.71. The number of nitro groups is 1. The molecule has 1 aromatic heterocycles. The number of ether oxygens (including phenoxy) is 3. The second kappa shape index (κ2) is 9.03. The van der Waals surface area contributed by atoms with Crippen molar-refractivity contribution in [3.8, 4) is 5.88 Å². The number of hydrogen-bond donors (Lipinski definition) is 0. The summed E-state index contributed by atoms with van der Waals surface area (Å²) in [5.74, 6) is 0.167. The van der Waals surface area contributed by atoms with Crippen LogP contribution in [0.2, 0.25) is 0 Å². The Morgan fingerprint density at radius 1 is 1.24 bits per heavy atom. The third kappa shape index (κ3) is 4.80. The van der Waals surface area contributed by atoms with Crippen molar-refractivity contribution in [3.63, 3.8) is 0 Å². The number of nitrogens with zero attached hydrogens (tertiary/aromatic N) is 4. The minimum atomic E-state index is -0.535. The van der Waals surface area contributed by atoms with Crippen LogP contribution >= 0.6 is 0 Å². The second-order valence-corrected chi connectivity index (χ2v) is 4.01. The molecule has 0 N–H and O–H groups in total. The summed E-state index contributed by atoms with van der Waals surface area (Å²) in [7, 11) is 3.13. The first-order valence-electron chi connectivity index (χ1n) is 6.50. The summed E-state index contributed by atoms with van der Waals surface area (Å²) in [4.78, 5) is 20.4.